The fourth-order valence-electron chi connectivity index (χ4n) is 1.75. The Hall–Kier alpha value is -1.55. The van der Waals surface area contributed by atoms with Crippen LogP contribution in [0.2, 0.25) is 0 Å². The molecule has 0 unspecified atom stereocenters. The number of ether oxygens (including phenoxy) is 1. The number of aromatic nitrogens is 1. The molecule has 4 heteroatoms. The number of hydrogen-bond acceptors (Lipinski definition) is 4. The van der Waals surface area contributed by atoms with Crippen molar-refractivity contribution in [2.24, 2.45) is 0 Å². The van der Waals surface area contributed by atoms with Gasteiger partial charge in [0.05, 0.1) is 17.2 Å². The van der Waals surface area contributed by atoms with E-state index in [1.165, 1.54) is 4.88 Å². The Labute approximate surface area is 112 Å². The van der Waals surface area contributed by atoms with Crippen molar-refractivity contribution in [1.82, 2.24) is 4.98 Å². The van der Waals surface area contributed by atoms with Gasteiger partial charge in [0, 0.05) is 12.6 Å². The number of nitrogens with zero attached hydrogens (tertiary/aromatic N) is 1. The summed E-state index contributed by atoms with van der Waals surface area (Å²) < 4.78 is 5.80. The summed E-state index contributed by atoms with van der Waals surface area (Å²) in [5.41, 5.74) is 2.17. The van der Waals surface area contributed by atoms with Crippen LogP contribution < -0.4 is 10.1 Å². The van der Waals surface area contributed by atoms with Crippen molar-refractivity contribution in [2.45, 2.75) is 20.3 Å². The van der Waals surface area contributed by atoms with E-state index in [1.807, 2.05) is 32.2 Å². The van der Waals surface area contributed by atoms with Crippen LogP contribution in [0, 0.1) is 6.92 Å². The highest BCUT2D eigenvalue weighted by Gasteiger charge is 2.13. The Morgan fingerprint density at radius 1 is 1.33 bits per heavy atom. The van der Waals surface area contributed by atoms with E-state index in [2.05, 4.69) is 23.3 Å². The highest BCUT2D eigenvalue weighted by Crippen LogP contribution is 2.37. The zero-order valence-corrected chi connectivity index (χ0v) is 11.8. The molecule has 0 saturated heterocycles. The van der Waals surface area contributed by atoms with Gasteiger partial charge < -0.3 is 10.1 Å². The van der Waals surface area contributed by atoms with Gasteiger partial charge in [-0.15, -0.1) is 0 Å². The van der Waals surface area contributed by atoms with Crippen molar-refractivity contribution in [3.05, 3.63) is 30.0 Å². The molecule has 0 radical (unpaired) electrons. The maximum Gasteiger partial charge on any atom is 0.183 e. The molecule has 18 heavy (non-hydrogen) atoms. The Morgan fingerprint density at radius 3 is 2.78 bits per heavy atom. The fourth-order valence-corrected chi connectivity index (χ4v) is 2.70. The first kappa shape index (κ1) is 12.9. The molecule has 0 bridgehead atoms. The van der Waals surface area contributed by atoms with Gasteiger partial charge in [0.1, 0.15) is 5.75 Å². The summed E-state index contributed by atoms with van der Waals surface area (Å²) in [6.45, 7) is 4.89. The molecule has 2 rings (SSSR count). The van der Waals surface area contributed by atoms with Crippen molar-refractivity contribution < 1.29 is 4.74 Å². The molecule has 0 saturated carbocycles. The number of anilines is 1. The smallest absolute Gasteiger partial charge is 0.183 e. The first-order valence-electron chi connectivity index (χ1n) is 6.13. The van der Waals surface area contributed by atoms with E-state index in [0.717, 1.165) is 35.2 Å². The third-order valence-electron chi connectivity index (χ3n) is 2.60. The van der Waals surface area contributed by atoms with Crippen LogP contribution in [0.3, 0.4) is 0 Å². The average molecular weight is 262 g/mol. The predicted octanol–water partition coefficient (Wildman–Crippen LogP) is 3.95. The lowest BCUT2D eigenvalue weighted by atomic mass is 10.1. The number of para-hydroxylation sites is 1. The summed E-state index contributed by atoms with van der Waals surface area (Å²) in [7, 11) is 1.89. The van der Waals surface area contributed by atoms with Gasteiger partial charge in [0.25, 0.3) is 0 Å². The minimum absolute atomic E-state index is 0.744. The van der Waals surface area contributed by atoms with Crippen molar-refractivity contribution in [2.75, 3.05) is 19.0 Å². The topological polar surface area (TPSA) is 34.1 Å². The normalized spacial score (nSPS) is 10.4. The molecule has 2 aromatic rings. The van der Waals surface area contributed by atoms with Crippen LogP contribution in [0.5, 0.6) is 5.75 Å². The molecule has 0 spiro atoms. The van der Waals surface area contributed by atoms with Crippen LogP contribution in [-0.4, -0.2) is 18.6 Å². The number of aryl methyl sites for hydroxylation is 1. The summed E-state index contributed by atoms with van der Waals surface area (Å²) >= 11 is 1.66. The van der Waals surface area contributed by atoms with Gasteiger partial charge in [0.2, 0.25) is 0 Å². The fraction of sp³-hybridized carbons (Fsp3) is 0.357. The third-order valence-corrected chi connectivity index (χ3v) is 3.81. The predicted molar refractivity (Wildman–Crippen MR) is 77.6 cm³/mol. The Morgan fingerprint density at radius 2 is 2.11 bits per heavy atom. The third kappa shape index (κ3) is 2.64. The Balaban J connectivity index is 2.39. The molecule has 96 valence electrons. The van der Waals surface area contributed by atoms with Crippen LogP contribution in [0.1, 0.15) is 19.0 Å². The molecule has 1 heterocycles. The van der Waals surface area contributed by atoms with Gasteiger partial charge >= 0.3 is 0 Å². The minimum atomic E-state index is 0.744. The number of benzene rings is 1. The number of thiazole rings is 1. The minimum Gasteiger partial charge on any atom is -0.493 e. The van der Waals surface area contributed by atoms with E-state index in [-0.39, 0.29) is 0 Å². The molecule has 0 aliphatic heterocycles. The van der Waals surface area contributed by atoms with Gasteiger partial charge in [-0.05, 0) is 25.5 Å². The second-order valence-corrected chi connectivity index (χ2v) is 5.03. The molecule has 1 aromatic heterocycles. The highest BCUT2D eigenvalue weighted by molar-refractivity contribution is 7.19. The van der Waals surface area contributed by atoms with Crippen LogP contribution in [0.15, 0.2) is 24.3 Å². The van der Waals surface area contributed by atoms with Gasteiger partial charge in [-0.1, -0.05) is 30.4 Å². The van der Waals surface area contributed by atoms with E-state index >= 15 is 0 Å². The highest BCUT2D eigenvalue weighted by atomic mass is 32.1. The standard InChI is InChI=1S/C14H18N2OS/c1-4-9-17-12-8-6-5-7-11(12)13-10(2)16-14(15-3)18-13/h5-8H,4,9H2,1-3H3,(H,15,16). The van der Waals surface area contributed by atoms with Crippen LogP contribution in [-0.2, 0) is 0 Å². The lowest BCUT2D eigenvalue weighted by Crippen LogP contribution is -1.96. The van der Waals surface area contributed by atoms with E-state index in [9.17, 15) is 0 Å². The molecule has 3 nitrogen and oxygen atoms in total. The van der Waals surface area contributed by atoms with Gasteiger partial charge in [0.15, 0.2) is 5.13 Å². The van der Waals surface area contributed by atoms with E-state index < -0.39 is 0 Å². The quantitative estimate of drug-likeness (QED) is 0.886. The van der Waals surface area contributed by atoms with Crippen LogP contribution in [0.25, 0.3) is 10.4 Å². The van der Waals surface area contributed by atoms with Crippen molar-refractivity contribution in [1.29, 1.82) is 0 Å². The SMILES string of the molecule is CCCOc1ccccc1-c1sc(NC)nc1C. The lowest BCUT2D eigenvalue weighted by Gasteiger charge is -2.09. The largest absolute Gasteiger partial charge is 0.493 e. The van der Waals surface area contributed by atoms with Crippen molar-refractivity contribution in [3.8, 4) is 16.2 Å². The number of rotatable bonds is 5. The number of nitrogens with one attached hydrogen (secondary N) is 1. The van der Waals surface area contributed by atoms with E-state index in [4.69, 9.17) is 4.74 Å². The monoisotopic (exact) mass is 262 g/mol. The Bertz CT molecular complexity index is 522. The van der Waals surface area contributed by atoms with Gasteiger partial charge in [-0.25, -0.2) is 4.98 Å². The average Bonchev–Trinajstić information content (AvgIpc) is 2.78. The van der Waals surface area contributed by atoms with Crippen LogP contribution in [0.4, 0.5) is 5.13 Å². The summed E-state index contributed by atoms with van der Waals surface area (Å²) in [4.78, 5) is 5.65. The van der Waals surface area contributed by atoms with Gasteiger partial charge in [-0.3, -0.25) is 0 Å². The maximum atomic E-state index is 5.80. The van der Waals surface area contributed by atoms with Gasteiger partial charge in [-0.2, -0.15) is 0 Å². The molecule has 1 aromatic carbocycles. The first-order chi connectivity index (χ1) is 8.76. The maximum absolute atomic E-state index is 5.80. The van der Waals surface area contributed by atoms with E-state index in [1.54, 1.807) is 11.3 Å². The summed E-state index contributed by atoms with van der Waals surface area (Å²) in [5.74, 6) is 0.939. The van der Waals surface area contributed by atoms with Crippen LogP contribution >= 0.6 is 11.3 Å². The van der Waals surface area contributed by atoms with Crippen molar-refractivity contribution >= 4 is 16.5 Å². The molecular weight excluding hydrogens is 244 g/mol. The molecule has 0 aliphatic rings. The zero-order chi connectivity index (χ0) is 13.0. The summed E-state index contributed by atoms with van der Waals surface area (Å²) in [6.07, 6.45) is 1.01. The van der Waals surface area contributed by atoms with E-state index in [0.29, 0.717) is 0 Å². The number of hydrogen-bond donors (Lipinski definition) is 1. The second kappa shape index (κ2) is 5.87. The summed E-state index contributed by atoms with van der Waals surface area (Å²) in [6, 6.07) is 8.14. The molecule has 0 atom stereocenters. The zero-order valence-electron chi connectivity index (χ0n) is 11.0. The molecule has 0 aliphatic carbocycles. The summed E-state index contributed by atoms with van der Waals surface area (Å²) in [5, 5.41) is 4.02. The molecule has 0 amide bonds. The van der Waals surface area contributed by atoms with Crippen molar-refractivity contribution in [3.63, 3.8) is 0 Å². The molecular formula is C14H18N2OS. The lowest BCUT2D eigenvalue weighted by molar-refractivity contribution is 0.319. The molecule has 1 N–H and O–H groups in total. The molecule has 0 fully saturated rings. The first-order valence-corrected chi connectivity index (χ1v) is 6.95. The second-order valence-electron chi connectivity index (χ2n) is 4.03. The Kier molecular flexibility index (Phi) is 4.20.